The van der Waals surface area contributed by atoms with E-state index >= 15 is 0 Å². The zero-order chi connectivity index (χ0) is 22.9. The monoisotopic (exact) mass is 479 g/mol. The van der Waals surface area contributed by atoms with E-state index in [1.807, 2.05) is 25.1 Å². The number of fused-ring (bicyclic) bond motifs is 1. The molecule has 1 unspecified atom stereocenters. The molecule has 0 aliphatic carbocycles. The lowest BCUT2D eigenvalue weighted by Gasteiger charge is -2.18. The number of aromatic nitrogens is 2. The van der Waals surface area contributed by atoms with Crippen molar-refractivity contribution in [3.05, 3.63) is 75.0 Å². The van der Waals surface area contributed by atoms with E-state index in [0.717, 1.165) is 18.4 Å². The fraction of sp³-hybridized carbons (Fsp3) is 0.250. The lowest BCUT2D eigenvalue weighted by molar-refractivity contribution is -0.123. The molecule has 7 nitrogen and oxygen atoms in total. The van der Waals surface area contributed by atoms with E-state index in [4.69, 9.17) is 21.7 Å². The van der Waals surface area contributed by atoms with Gasteiger partial charge in [-0.1, -0.05) is 42.2 Å². The van der Waals surface area contributed by atoms with E-state index in [9.17, 15) is 9.59 Å². The third-order valence-corrected chi connectivity index (χ3v) is 6.88. The number of carbonyl (C=O) groups excluding carboxylic acids is 1. The minimum absolute atomic E-state index is 0.0139. The molecule has 0 spiro atoms. The summed E-state index contributed by atoms with van der Waals surface area (Å²) in [6.45, 7) is 3.08. The Morgan fingerprint density at radius 1 is 1.27 bits per heavy atom. The van der Waals surface area contributed by atoms with Crippen LogP contribution in [0.3, 0.4) is 0 Å². The molecule has 3 aromatic rings. The van der Waals surface area contributed by atoms with Gasteiger partial charge < -0.3 is 9.47 Å². The van der Waals surface area contributed by atoms with Gasteiger partial charge in [0.1, 0.15) is 21.3 Å². The summed E-state index contributed by atoms with van der Waals surface area (Å²) in [5.74, 6) is 0.462. The van der Waals surface area contributed by atoms with Crippen molar-refractivity contribution >= 4 is 45.9 Å². The van der Waals surface area contributed by atoms with Gasteiger partial charge in [-0.05, 0) is 55.7 Å². The van der Waals surface area contributed by atoms with Crippen LogP contribution in [0.4, 0.5) is 0 Å². The minimum atomic E-state index is -0.326. The van der Waals surface area contributed by atoms with E-state index in [1.165, 1.54) is 22.2 Å². The topological polar surface area (TPSA) is 73.1 Å². The molecule has 0 saturated carbocycles. The van der Waals surface area contributed by atoms with Crippen LogP contribution in [0.5, 0.6) is 11.6 Å². The van der Waals surface area contributed by atoms with Gasteiger partial charge in [0.15, 0.2) is 0 Å². The first-order chi connectivity index (χ1) is 16.0. The van der Waals surface area contributed by atoms with Crippen LogP contribution in [-0.4, -0.2) is 43.8 Å². The molecule has 1 amide bonds. The Balaban J connectivity index is 1.55. The molecule has 9 heteroatoms. The third kappa shape index (κ3) is 4.44. The van der Waals surface area contributed by atoms with Gasteiger partial charge in [-0.25, -0.2) is 0 Å². The van der Waals surface area contributed by atoms with E-state index < -0.39 is 0 Å². The van der Waals surface area contributed by atoms with Gasteiger partial charge in [-0.15, -0.1) is 0 Å². The maximum absolute atomic E-state index is 13.4. The van der Waals surface area contributed by atoms with Gasteiger partial charge in [0.25, 0.3) is 11.5 Å². The molecule has 0 radical (unpaired) electrons. The lowest BCUT2D eigenvalue weighted by atomic mass is 10.2. The summed E-state index contributed by atoms with van der Waals surface area (Å²) in [6.07, 6.45) is 5.05. The highest BCUT2D eigenvalue weighted by molar-refractivity contribution is 8.26. The first-order valence-corrected chi connectivity index (χ1v) is 11.8. The third-order valence-electron chi connectivity index (χ3n) is 5.50. The summed E-state index contributed by atoms with van der Waals surface area (Å²) in [7, 11) is 0. The van der Waals surface area contributed by atoms with Crippen molar-refractivity contribution in [3.63, 3.8) is 0 Å². The molecule has 2 saturated heterocycles. The molecule has 0 bridgehead atoms. The van der Waals surface area contributed by atoms with Crippen molar-refractivity contribution in [2.75, 3.05) is 13.2 Å². The van der Waals surface area contributed by atoms with Gasteiger partial charge in [-0.3, -0.25) is 18.9 Å². The number of thiocarbonyl (C=S) groups is 1. The normalized spacial score (nSPS) is 19.7. The Morgan fingerprint density at radius 3 is 2.94 bits per heavy atom. The van der Waals surface area contributed by atoms with Crippen LogP contribution < -0.4 is 10.3 Å². The molecule has 1 atom stereocenters. The number of carbonyl (C=O) groups is 1. The molecule has 2 aliphatic rings. The summed E-state index contributed by atoms with van der Waals surface area (Å²) >= 11 is 6.62. The molecule has 4 heterocycles. The number of pyridine rings is 1. The summed E-state index contributed by atoms with van der Waals surface area (Å²) in [4.78, 5) is 32.9. The van der Waals surface area contributed by atoms with Crippen LogP contribution >= 0.6 is 24.0 Å². The highest BCUT2D eigenvalue weighted by atomic mass is 32.2. The van der Waals surface area contributed by atoms with Crippen LogP contribution in [-0.2, 0) is 9.53 Å². The summed E-state index contributed by atoms with van der Waals surface area (Å²) < 4.78 is 13.6. The smallest absolute Gasteiger partial charge is 0.269 e. The zero-order valence-electron chi connectivity index (χ0n) is 17.9. The van der Waals surface area contributed by atoms with Crippen molar-refractivity contribution in [1.82, 2.24) is 14.3 Å². The van der Waals surface area contributed by atoms with Crippen molar-refractivity contribution < 1.29 is 14.3 Å². The number of hydrogen-bond acceptors (Lipinski definition) is 7. The molecule has 0 N–H and O–H groups in total. The average molecular weight is 480 g/mol. The second-order valence-electron chi connectivity index (χ2n) is 7.91. The Morgan fingerprint density at radius 2 is 2.15 bits per heavy atom. The van der Waals surface area contributed by atoms with Gasteiger partial charge >= 0.3 is 0 Å². The number of benzene rings is 1. The van der Waals surface area contributed by atoms with Crippen LogP contribution in [0, 0.1) is 6.92 Å². The van der Waals surface area contributed by atoms with E-state index in [2.05, 4.69) is 4.98 Å². The number of aryl methyl sites for hydroxylation is 1. The number of ether oxygens (including phenoxy) is 2. The molecule has 2 fully saturated rings. The maximum atomic E-state index is 13.4. The summed E-state index contributed by atoms with van der Waals surface area (Å²) in [5, 5.41) is 0. The quantitative estimate of drug-likeness (QED) is 0.402. The fourth-order valence-corrected chi connectivity index (χ4v) is 5.11. The minimum Gasteiger partial charge on any atom is -0.438 e. The molecule has 168 valence electrons. The highest BCUT2D eigenvalue weighted by Crippen LogP contribution is 2.35. The highest BCUT2D eigenvalue weighted by Gasteiger charge is 2.35. The molecular weight excluding hydrogens is 458 g/mol. The second kappa shape index (κ2) is 9.09. The van der Waals surface area contributed by atoms with Crippen molar-refractivity contribution in [1.29, 1.82) is 0 Å². The summed E-state index contributed by atoms with van der Waals surface area (Å²) in [5.41, 5.74) is 1.33. The number of hydrogen-bond donors (Lipinski definition) is 0. The Kier molecular flexibility index (Phi) is 6.01. The zero-order valence-corrected chi connectivity index (χ0v) is 19.5. The van der Waals surface area contributed by atoms with Crippen molar-refractivity contribution in [2.45, 2.75) is 25.9 Å². The van der Waals surface area contributed by atoms with Crippen LogP contribution in [0.25, 0.3) is 11.7 Å². The van der Waals surface area contributed by atoms with Gasteiger partial charge in [0.2, 0.25) is 5.88 Å². The Hall–Kier alpha value is -3.01. The van der Waals surface area contributed by atoms with Gasteiger partial charge in [-0.2, -0.15) is 4.98 Å². The SMILES string of the molecule is Cc1cccc(Oc2nc3ccccn3c(=O)c2/C=C2\SC(=S)N(CC3CCCO3)C2=O)c1. The van der Waals surface area contributed by atoms with Crippen molar-refractivity contribution in [2.24, 2.45) is 0 Å². The number of rotatable bonds is 5. The first kappa shape index (κ1) is 21.8. The van der Waals surface area contributed by atoms with Crippen molar-refractivity contribution in [3.8, 4) is 11.6 Å². The average Bonchev–Trinajstić information content (AvgIpc) is 3.40. The number of amides is 1. The van der Waals surface area contributed by atoms with Gasteiger partial charge in [0.05, 0.1) is 17.6 Å². The Labute approximate surface area is 200 Å². The van der Waals surface area contributed by atoms with Crippen LogP contribution in [0.1, 0.15) is 24.0 Å². The maximum Gasteiger partial charge on any atom is 0.269 e. The molecule has 1 aromatic carbocycles. The van der Waals surface area contributed by atoms with E-state index in [-0.39, 0.29) is 29.0 Å². The predicted molar refractivity (Wildman–Crippen MR) is 132 cm³/mol. The van der Waals surface area contributed by atoms with Crippen LogP contribution in [0.2, 0.25) is 0 Å². The molecule has 5 rings (SSSR count). The Bertz CT molecular complexity index is 1350. The first-order valence-electron chi connectivity index (χ1n) is 10.6. The molecule has 2 aromatic heterocycles. The number of thioether (sulfide) groups is 1. The van der Waals surface area contributed by atoms with E-state index in [1.54, 1.807) is 35.4 Å². The molecular formula is C24H21N3O4S2. The van der Waals surface area contributed by atoms with Gasteiger partial charge in [0, 0.05) is 12.8 Å². The van der Waals surface area contributed by atoms with Crippen LogP contribution in [0.15, 0.2) is 58.4 Å². The lowest BCUT2D eigenvalue weighted by Crippen LogP contribution is -2.35. The standard InChI is InChI=1S/C24H21N3O4S2/c1-15-6-4-7-16(12-15)31-21-18(22(28)26-10-3-2-9-20(26)25-21)13-19-23(29)27(24(32)33-19)14-17-8-5-11-30-17/h2-4,6-7,9-10,12-13,17H,5,8,11,14H2,1H3/b19-13-. The molecule has 33 heavy (non-hydrogen) atoms. The largest absolute Gasteiger partial charge is 0.438 e. The van der Waals surface area contributed by atoms with E-state index in [0.29, 0.717) is 33.8 Å². The fourth-order valence-electron chi connectivity index (χ4n) is 3.85. The molecule has 2 aliphatic heterocycles. The second-order valence-corrected chi connectivity index (χ2v) is 9.59. The predicted octanol–water partition coefficient (Wildman–Crippen LogP) is 4.18. The summed E-state index contributed by atoms with van der Waals surface area (Å²) in [6, 6.07) is 12.8. The number of nitrogens with zero attached hydrogens (tertiary/aromatic N) is 3.